The van der Waals surface area contributed by atoms with Crippen molar-refractivity contribution in [3.8, 4) is 10.9 Å². The molecule has 1 heterocycles. The van der Waals surface area contributed by atoms with Crippen molar-refractivity contribution >= 4 is 33.2 Å². The molecule has 0 fully saturated rings. The normalized spacial score (nSPS) is 10.1. The average molecular weight is 300 g/mol. The Labute approximate surface area is 104 Å². The van der Waals surface area contributed by atoms with Crippen LogP contribution in [0.3, 0.4) is 0 Å². The number of ether oxygens (including phenoxy) is 1. The number of nitrogens with zero attached hydrogens (tertiary/aromatic N) is 1. The number of hydrogen-bond acceptors (Lipinski definition) is 4. The molecule has 0 aliphatic rings. The maximum Gasteiger partial charge on any atom is 0.335 e. The molecule has 2 rings (SSSR count). The molecule has 82 valence electrons. The number of rotatable bonds is 3. The maximum absolute atomic E-state index is 10.8. The number of benzene rings is 1. The zero-order valence-corrected chi connectivity index (χ0v) is 10.3. The van der Waals surface area contributed by atoms with Crippen molar-refractivity contribution in [3.63, 3.8) is 0 Å². The predicted octanol–water partition coefficient (Wildman–Crippen LogP) is 3.40. The van der Waals surface area contributed by atoms with E-state index >= 15 is 0 Å². The molecule has 0 amide bonds. The number of aromatic nitrogens is 1. The van der Waals surface area contributed by atoms with Gasteiger partial charge in [-0.05, 0) is 34.1 Å². The number of aromatic carboxylic acids is 1. The fraction of sp³-hybridized carbons (Fsp3) is 0. The average Bonchev–Trinajstić information content (AvgIpc) is 2.73. The first-order chi connectivity index (χ1) is 7.66. The molecule has 0 radical (unpaired) electrons. The molecule has 0 saturated carbocycles. The molecular weight excluding hydrogens is 294 g/mol. The summed E-state index contributed by atoms with van der Waals surface area (Å²) in [6.45, 7) is 0. The number of halogens is 1. The summed E-state index contributed by atoms with van der Waals surface area (Å²) in [5.41, 5.74) is 0.176. The fourth-order valence-corrected chi connectivity index (χ4v) is 1.89. The van der Waals surface area contributed by atoms with Crippen molar-refractivity contribution in [1.82, 2.24) is 4.98 Å². The molecule has 1 N–H and O–H groups in total. The smallest absolute Gasteiger partial charge is 0.335 e. The van der Waals surface area contributed by atoms with Crippen molar-refractivity contribution < 1.29 is 14.6 Å². The van der Waals surface area contributed by atoms with Crippen LogP contribution in [-0.2, 0) is 0 Å². The summed E-state index contributed by atoms with van der Waals surface area (Å²) in [6, 6.07) is 4.58. The van der Waals surface area contributed by atoms with E-state index < -0.39 is 5.97 Å². The molecule has 0 atom stereocenters. The minimum Gasteiger partial charge on any atom is -0.478 e. The highest BCUT2D eigenvalue weighted by Crippen LogP contribution is 2.31. The van der Waals surface area contributed by atoms with Crippen LogP contribution in [0.1, 0.15) is 10.4 Å². The zero-order valence-electron chi connectivity index (χ0n) is 7.88. The van der Waals surface area contributed by atoms with Crippen molar-refractivity contribution in [3.05, 3.63) is 39.8 Å². The second kappa shape index (κ2) is 4.63. The molecule has 4 nitrogen and oxygen atoms in total. The van der Waals surface area contributed by atoms with E-state index in [-0.39, 0.29) is 5.56 Å². The van der Waals surface area contributed by atoms with E-state index in [0.29, 0.717) is 15.4 Å². The highest BCUT2D eigenvalue weighted by molar-refractivity contribution is 9.10. The quantitative estimate of drug-likeness (QED) is 0.944. The van der Waals surface area contributed by atoms with Gasteiger partial charge in [0.2, 0.25) is 0 Å². The first-order valence-corrected chi connectivity index (χ1v) is 5.94. The van der Waals surface area contributed by atoms with E-state index in [1.54, 1.807) is 17.6 Å². The molecule has 0 bridgehead atoms. The Morgan fingerprint density at radius 2 is 2.31 bits per heavy atom. The Balaban J connectivity index is 2.32. The SMILES string of the molecule is O=C(O)c1ccc(Br)c(Oc2nccs2)c1. The van der Waals surface area contributed by atoms with Gasteiger partial charge in [0.1, 0.15) is 5.75 Å². The Hall–Kier alpha value is -1.40. The van der Waals surface area contributed by atoms with E-state index in [9.17, 15) is 4.79 Å². The monoisotopic (exact) mass is 299 g/mol. The Kier molecular flexibility index (Phi) is 3.21. The van der Waals surface area contributed by atoms with Gasteiger partial charge in [0, 0.05) is 11.6 Å². The highest BCUT2D eigenvalue weighted by Gasteiger charge is 2.09. The molecule has 6 heteroatoms. The molecule has 0 saturated heterocycles. The standard InChI is InChI=1S/C10H6BrNO3S/c11-7-2-1-6(9(13)14)5-8(7)15-10-12-3-4-16-10/h1-5H,(H,13,14). The van der Waals surface area contributed by atoms with Crippen LogP contribution in [0.25, 0.3) is 0 Å². The van der Waals surface area contributed by atoms with E-state index in [0.717, 1.165) is 0 Å². The molecule has 1 aromatic heterocycles. The van der Waals surface area contributed by atoms with Crippen molar-refractivity contribution in [2.45, 2.75) is 0 Å². The topological polar surface area (TPSA) is 59.4 Å². The minimum absolute atomic E-state index is 0.176. The lowest BCUT2D eigenvalue weighted by Gasteiger charge is -2.05. The Morgan fingerprint density at radius 3 is 2.94 bits per heavy atom. The molecule has 1 aromatic carbocycles. The van der Waals surface area contributed by atoms with Gasteiger partial charge in [-0.3, -0.25) is 0 Å². The van der Waals surface area contributed by atoms with Crippen LogP contribution in [0.5, 0.6) is 10.9 Å². The van der Waals surface area contributed by atoms with Crippen LogP contribution in [0.2, 0.25) is 0 Å². The van der Waals surface area contributed by atoms with Gasteiger partial charge in [-0.25, -0.2) is 9.78 Å². The molecular formula is C10H6BrNO3S. The minimum atomic E-state index is -0.989. The van der Waals surface area contributed by atoms with Crippen molar-refractivity contribution in [1.29, 1.82) is 0 Å². The molecule has 0 aliphatic carbocycles. The predicted molar refractivity (Wildman–Crippen MR) is 63.3 cm³/mol. The van der Waals surface area contributed by atoms with E-state index in [1.807, 2.05) is 0 Å². The first kappa shape index (κ1) is 11.1. The van der Waals surface area contributed by atoms with Crippen molar-refractivity contribution in [2.24, 2.45) is 0 Å². The third-order valence-electron chi connectivity index (χ3n) is 1.79. The summed E-state index contributed by atoms with van der Waals surface area (Å²) in [6.07, 6.45) is 1.62. The summed E-state index contributed by atoms with van der Waals surface area (Å²) < 4.78 is 6.12. The number of carboxylic acids is 1. The largest absolute Gasteiger partial charge is 0.478 e. The third-order valence-corrected chi connectivity index (χ3v) is 3.09. The highest BCUT2D eigenvalue weighted by atomic mass is 79.9. The first-order valence-electron chi connectivity index (χ1n) is 4.27. The van der Waals surface area contributed by atoms with Gasteiger partial charge in [-0.2, -0.15) is 0 Å². The lowest BCUT2D eigenvalue weighted by molar-refractivity contribution is 0.0696. The number of carbonyl (C=O) groups is 1. The zero-order chi connectivity index (χ0) is 11.5. The van der Waals surface area contributed by atoms with Gasteiger partial charge in [0.05, 0.1) is 10.0 Å². The third kappa shape index (κ3) is 2.40. The second-order valence-electron chi connectivity index (χ2n) is 2.85. The van der Waals surface area contributed by atoms with Crippen LogP contribution in [0, 0.1) is 0 Å². The maximum atomic E-state index is 10.8. The second-order valence-corrected chi connectivity index (χ2v) is 4.56. The fourth-order valence-electron chi connectivity index (χ4n) is 1.07. The van der Waals surface area contributed by atoms with E-state index in [4.69, 9.17) is 9.84 Å². The lowest BCUT2D eigenvalue weighted by atomic mass is 10.2. The van der Waals surface area contributed by atoms with Crippen molar-refractivity contribution in [2.75, 3.05) is 0 Å². The molecule has 0 unspecified atom stereocenters. The Morgan fingerprint density at radius 1 is 1.50 bits per heavy atom. The molecule has 0 aliphatic heterocycles. The van der Waals surface area contributed by atoms with Crippen LogP contribution < -0.4 is 4.74 Å². The van der Waals surface area contributed by atoms with Gasteiger partial charge >= 0.3 is 5.97 Å². The molecule has 2 aromatic rings. The molecule has 0 spiro atoms. The van der Waals surface area contributed by atoms with Crippen LogP contribution in [-0.4, -0.2) is 16.1 Å². The van der Waals surface area contributed by atoms with Gasteiger partial charge in [-0.1, -0.05) is 11.3 Å². The summed E-state index contributed by atoms with van der Waals surface area (Å²) >= 11 is 4.62. The van der Waals surface area contributed by atoms with E-state index in [2.05, 4.69) is 20.9 Å². The summed E-state index contributed by atoms with van der Waals surface area (Å²) in [4.78, 5) is 14.7. The van der Waals surface area contributed by atoms with Gasteiger partial charge in [-0.15, -0.1) is 0 Å². The van der Waals surface area contributed by atoms with Crippen LogP contribution >= 0.6 is 27.3 Å². The van der Waals surface area contributed by atoms with Crippen LogP contribution in [0.15, 0.2) is 34.2 Å². The molecule has 16 heavy (non-hydrogen) atoms. The summed E-state index contributed by atoms with van der Waals surface area (Å²) in [5.74, 6) is -0.550. The van der Waals surface area contributed by atoms with E-state index in [1.165, 1.54) is 23.5 Å². The van der Waals surface area contributed by atoms with Crippen LogP contribution in [0.4, 0.5) is 0 Å². The summed E-state index contributed by atoms with van der Waals surface area (Å²) in [7, 11) is 0. The van der Waals surface area contributed by atoms with Gasteiger partial charge < -0.3 is 9.84 Å². The number of hydrogen-bond donors (Lipinski definition) is 1. The van der Waals surface area contributed by atoms with Gasteiger partial charge in [0.15, 0.2) is 0 Å². The lowest BCUT2D eigenvalue weighted by Crippen LogP contribution is -1.96. The number of thiazole rings is 1. The summed E-state index contributed by atoms with van der Waals surface area (Å²) in [5, 5.41) is 11.1. The number of carboxylic acid groups (broad SMARTS) is 1. The van der Waals surface area contributed by atoms with Gasteiger partial charge in [0.25, 0.3) is 5.19 Å². The Bertz CT molecular complexity index is 513.